The molecule has 0 saturated carbocycles. The fourth-order valence-electron chi connectivity index (χ4n) is 0.818. The van der Waals surface area contributed by atoms with Gasteiger partial charge in [0, 0.05) is 29.9 Å². The number of aliphatic imine (C=N–C) groups is 1. The molecule has 3 nitrogen and oxygen atoms in total. The summed E-state index contributed by atoms with van der Waals surface area (Å²) in [7, 11) is 0. The van der Waals surface area contributed by atoms with E-state index in [-0.39, 0.29) is 0 Å². The Bertz CT molecular complexity index is 267. The second-order valence-electron chi connectivity index (χ2n) is 1.96. The Kier molecular flexibility index (Phi) is 1.13. The van der Waals surface area contributed by atoms with Crippen LogP contribution in [0, 0.1) is 6.67 Å². The third kappa shape index (κ3) is 0.757. The summed E-state index contributed by atoms with van der Waals surface area (Å²) in [6, 6.07) is 1.88. The van der Waals surface area contributed by atoms with Gasteiger partial charge in [-0.25, -0.2) is 0 Å². The first-order valence-corrected chi connectivity index (χ1v) is 2.95. The lowest BCUT2D eigenvalue weighted by molar-refractivity contribution is 1.24. The van der Waals surface area contributed by atoms with Crippen LogP contribution in [0.4, 0.5) is 5.69 Å². The number of fused-ring (bicyclic) bond motifs is 1. The van der Waals surface area contributed by atoms with Crippen LogP contribution in [0.3, 0.4) is 0 Å². The zero-order chi connectivity index (χ0) is 6.81. The molecule has 0 fully saturated rings. The van der Waals surface area contributed by atoms with Crippen LogP contribution in [0.25, 0.3) is 0 Å². The molecule has 48 valence electrons. The zero-order valence-corrected chi connectivity index (χ0v) is 5.20. The average Bonchev–Trinajstić information content (AvgIpc) is 2.05. The van der Waals surface area contributed by atoms with Gasteiger partial charge in [-0.2, -0.15) is 0 Å². The lowest BCUT2D eigenvalue weighted by Crippen LogP contribution is -2.02. The van der Waals surface area contributed by atoms with Gasteiger partial charge in [0.1, 0.15) is 0 Å². The third-order valence-electron chi connectivity index (χ3n) is 1.31. The first kappa shape index (κ1) is 5.41. The van der Waals surface area contributed by atoms with Crippen molar-refractivity contribution in [2.24, 2.45) is 4.99 Å². The van der Waals surface area contributed by atoms with Crippen LogP contribution in [0.5, 0.6) is 0 Å². The minimum absolute atomic E-state index is 1.00. The molecule has 1 aromatic rings. The van der Waals surface area contributed by atoms with Gasteiger partial charge in [0.2, 0.25) is 6.67 Å². The number of hydrogen-bond acceptors (Lipinski definition) is 3. The largest absolute Gasteiger partial charge is 0.353 e. The summed E-state index contributed by atoms with van der Waals surface area (Å²) in [6.07, 6.45) is 5.21. The van der Waals surface area contributed by atoms with Crippen LogP contribution >= 0.6 is 0 Å². The lowest BCUT2D eigenvalue weighted by Gasteiger charge is -2.08. The maximum Gasteiger partial charge on any atom is 0.226 e. The first-order chi connectivity index (χ1) is 4.97. The maximum atomic E-state index is 3.94. The van der Waals surface area contributed by atoms with Gasteiger partial charge in [0.15, 0.2) is 0 Å². The molecule has 0 spiro atoms. The first-order valence-electron chi connectivity index (χ1n) is 2.95. The van der Waals surface area contributed by atoms with Gasteiger partial charge >= 0.3 is 0 Å². The van der Waals surface area contributed by atoms with Crippen LogP contribution in [-0.4, -0.2) is 11.2 Å². The fourth-order valence-corrected chi connectivity index (χ4v) is 0.818. The Morgan fingerprint density at radius 2 is 2.50 bits per heavy atom. The summed E-state index contributed by atoms with van der Waals surface area (Å²) in [6.45, 7) is 2.63. The van der Waals surface area contributed by atoms with Crippen molar-refractivity contribution in [3.05, 3.63) is 30.7 Å². The summed E-state index contributed by atoms with van der Waals surface area (Å²) >= 11 is 0. The SMILES string of the molecule is [C]1N=Cc2cnccc2N1. The summed E-state index contributed by atoms with van der Waals surface area (Å²) in [5.74, 6) is 0. The normalized spacial score (nSPS) is 14.0. The van der Waals surface area contributed by atoms with Crippen molar-refractivity contribution in [2.75, 3.05) is 5.32 Å². The number of anilines is 1. The van der Waals surface area contributed by atoms with Gasteiger partial charge in [0.25, 0.3) is 0 Å². The molecule has 0 saturated heterocycles. The molecule has 1 aromatic heterocycles. The molecule has 2 heterocycles. The molecule has 3 heteroatoms. The van der Waals surface area contributed by atoms with Crippen LogP contribution in [0.15, 0.2) is 23.5 Å². The Morgan fingerprint density at radius 1 is 1.50 bits per heavy atom. The number of pyridine rings is 1. The highest BCUT2D eigenvalue weighted by molar-refractivity contribution is 5.89. The molecule has 2 rings (SSSR count). The lowest BCUT2D eigenvalue weighted by atomic mass is 10.2. The van der Waals surface area contributed by atoms with Crippen molar-refractivity contribution in [1.82, 2.24) is 4.98 Å². The van der Waals surface area contributed by atoms with Gasteiger partial charge in [0.05, 0.1) is 0 Å². The molecule has 1 aliphatic rings. The van der Waals surface area contributed by atoms with Crippen molar-refractivity contribution in [2.45, 2.75) is 0 Å². The highest BCUT2D eigenvalue weighted by Gasteiger charge is 2.02. The van der Waals surface area contributed by atoms with E-state index in [2.05, 4.69) is 22.0 Å². The van der Waals surface area contributed by atoms with E-state index in [1.165, 1.54) is 0 Å². The van der Waals surface area contributed by atoms with Gasteiger partial charge in [-0.3, -0.25) is 9.98 Å². The highest BCUT2D eigenvalue weighted by atomic mass is 15.0. The van der Waals surface area contributed by atoms with Crippen molar-refractivity contribution in [1.29, 1.82) is 0 Å². The average molecular weight is 131 g/mol. The molecule has 0 atom stereocenters. The number of rotatable bonds is 0. The second-order valence-corrected chi connectivity index (χ2v) is 1.96. The van der Waals surface area contributed by atoms with Crippen LogP contribution < -0.4 is 5.32 Å². The van der Waals surface area contributed by atoms with Gasteiger partial charge < -0.3 is 5.32 Å². The quantitative estimate of drug-likeness (QED) is 0.568. The molecule has 1 aliphatic heterocycles. The van der Waals surface area contributed by atoms with Gasteiger partial charge in [-0.15, -0.1) is 0 Å². The van der Waals surface area contributed by atoms with Crippen LogP contribution in [0.2, 0.25) is 0 Å². The Labute approximate surface area is 58.8 Å². The highest BCUT2D eigenvalue weighted by Crippen LogP contribution is 2.14. The predicted molar refractivity (Wildman–Crippen MR) is 38.7 cm³/mol. The molecular formula is C7H5N3. The number of nitrogens with one attached hydrogen (secondary N) is 1. The predicted octanol–water partition coefficient (Wildman–Crippen LogP) is 0.922. The van der Waals surface area contributed by atoms with Crippen LogP contribution in [-0.2, 0) is 0 Å². The van der Waals surface area contributed by atoms with E-state index in [4.69, 9.17) is 0 Å². The monoisotopic (exact) mass is 131 g/mol. The Balaban J connectivity index is 2.54. The van der Waals surface area contributed by atoms with Gasteiger partial charge in [-0.05, 0) is 6.07 Å². The maximum absolute atomic E-state index is 3.94. The van der Waals surface area contributed by atoms with E-state index in [1.807, 2.05) is 6.07 Å². The summed E-state index contributed by atoms with van der Waals surface area (Å²) in [4.78, 5) is 7.73. The van der Waals surface area contributed by atoms with Crippen molar-refractivity contribution in [3.8, 4) is 0 Å². The number of nitrogens with zero attached hydrogens (tertiary/aromatic N) is 2. The topological polar surface area (TPSA) is 37.3 Å². The molecule has 0 aromatic carbocycles. The molecule has 0 unspecified atom stereocenters. The summed E-state index contributed by atoms with van der Waals surface area (Å²) in [5.41, 5.74) is 2.01. The van der Waals surface area contributed by atoms with E-state index in [0.29, 0.717) is 0 Å². The van der Waals surface area contributed by atoms with Gasteiger partial charge in [-0.1, -0.05) is 0 Å². The molecule has 0 amide bonds. The summed E-state index contributed by atoms with van der Waals surface area (Å²) < 4.78 is 0. The third-order valence-corrected chi connectivity index (χ3v) is 1.31. The molecule has 0 aliphatic carbocycles. The summed E-state index contributed by atoms with van der Waals surface area (Å²) in [5, 5.41) is 2.87. The number of hydrogen-bond donors (Lipinski definition) is 1. The molecule has 10 heavy (non-hydrogen) atoms. The Morgan fingerprint density at radius 3 is 3.40 bits per heavy atom. The minimum Gasteiger partial charge on any atom is -0.353 e. The van der Waals surface area contributed by atoms with Crippen molar-refractivity contribution >= 4 is 11.9 Å². The second kappa shape index (κ2) is 2.10. The molecule has 2 radical (unpaired) electrons. The standard InChI is InChI=1S/C7H5N3/c1-2-8-3-6-4-9-5-10-7(1)6/h1-4,10H. The smallest absolute Gasteiger partial charge is 0.226 e. The fraction of sp³-hybridized carbons (Fsp3) is 0. The molecule has 0 bridgehead atoms. The van der Waals surface area contributed by atoms with E-state index < -0.39 is 0 Å². The minimum atomic E-state index is 1.00. The Hall–Kier alpha value is -1.38. The van der Waals surface area contributed by atoms with Crippen molar-refractivity contribution < 1.29 is 0 Å². The van der Waals surface area contributed by atoms with E-state index in [0.717, 1.165) is 11.3 Å². The van der Waals surface area contributed by atoms with E-state index in [9.17, 15) is 0 Å². The number of aromatic nitrogens is 1. The van der Waals surface area contributed by atoms with E-state index in [1.54, 1.807) is 18.6 Å². The molecule has 1 N–H and O–H groups in total. The van der Waals surface area contributed by atoms with Crippen LogP contribution in [0.1, 0.15) is 5.56 Å². The molecular weight excluding hydrogens is 126 g/mol. The zero-order valence-electron chi connectivity index (χ0n) is 5.20. The van der Waals surface area contributed by atoms with E-state index >= 15 is 0 Å². The van der Waals surface area contributed by atoms with Crippen molar-refractivity contribution in [3.63, 3.8) is 0 Å².